The Balaban J connectivity index is 1.89. The number of aryl methyl sites for hydroxylation is 2. The summed E-state index contributed by atoms with van der Waals surface area (Å²) in [5.74, 6) is 0.678. The van der Waals surface area contributed by atoms with Crippen molar-refractivity contribution >= 4 is 0 Å². The molecule has 1 aliphatic rings. The van der Waals surface area contributed by atoms with Crippen LogP contribution in [0.1, 0.15) is 57.1 Å². The predicted octanol–water partition coefficient (Wildman–Crippen LogP) is 8.24. The van der Waals surface area contributed by atoms with Crippen LogP contribution in [-0.2, 0) is 6.42 Å². The van der Waals surface area contributed by atoms with E-state index in [4.69, 9.17) is 0 Å². The van der Waals surface area contributed by atoms with E-state index in [0.29, 0.717) is 5.92 Å². The standard InChI is InChI=1S/C28H36/c1-6-25(14-10-22(2)3)18-19-27-8-7-9-28(21-27)20-24(5)13-17-26-15-11-23(4)12-16-26/h6,9,11-12,14-16,18-19,21-22H,1,5,7-8,10,13,17,20H2,2-4H3/b19-18+,25-14+. The van der Waals surface area contributed by atoms with Crippen molar-refractivity contribution in [2.24, 2.45) is 5.92 Å². The van der Waals surface area contributed by atoms with Crippen LogP contribution >= 0.6 is 0 Å². The fourth-order valence-corrected chi connectivity index (χ4v) is 3.30. The Hall–Kier alpha value is -2.34. The summed E-state index contributed by atoms with van der Waals surface area (Å²) >= 11 is 0. The van der Waals surface area contributed by atoms with Gasteiger partial charge in [-0.15, -0.1) is 0 Å². The van der Waals surface area contributed by atoms with Crippen LogP contribution in [0.4, 0.5) is 0 Å². The lowest BCUT2D eigenvalue weighted by Crippen LogP contribution is -1.95. The highest BCUT2D eigenvalue weighted by atomic mass is 14.1. The van der Waals surface area contributed by atoms with Gasteiger partial charge in [0, 0.05) is 0 Å². The maximum absolute atomic E-state index is 4.32. The summed E-state index contributed by atoms with van der Waals surface area (Å²) in [7, 11) is 0. The molecule has 0 heterocycles. The van der Waals surface area contributed by atoms with Crippen LogP contribution in [0.15, 0.2) is 96.2 Å². The zero-order valence-electron chi connectivity index (χ0n) is 18.0. The molecule has 0 bridgehead atoms. The molecule has 0 N–H and O–H groups in total. The molecule has 0 aromatic heterocycles. The average Bonchev–Trinajstić information content (AvgIpc) is 2.68. The van der Waals surface area contributed by atoms with Crippen molar-refractivity contribution in [3.8, 4) is 0 Å². The molecule has 0 nitrogen and oxygen atoms in total. The largest absolute Gasteiger partial charge is 0.0995 e. The SMILES string of the molecule is C=CC(/C=C/C1=CC(CC(=C)CCc2ccc(C)cc2)=CCC1)=C\CC(C)C. The van der Waals surface area contributed by atoms with Crippen LogP contribution in [0, 0.1) is 12.8 Å². The third-order valence-corrected chi connectivity index (χ3v) is 5.10. The van der Waals surface area contributed by atoms with Crippen molar-refractivity contribution in [2.75, 3.05) is 0 Å². The molecule has 1 aliphatic carbocycles. The highest BCUT2D eigenvalue weighted by molar-refractivity contribution is 5.40. The quantitative estimate of drug-likeness (QED) is 0.286. The van der Waals surface area contributed by atoms with E-state index in [2.05, 4.69) is 88.6 Å². The molecule has 0 heteroatoms. The third-order valence-electron chi connectivity index (χ3n) is 5.10. The lowest BCUT2D eigenvalue weighted by molar-refractivity contribution is 0.662. The number of hydrogen-bond donors (Lipinski definition) is 0. The van der Waals surface area contributed by atoms with Gasteiger partial charge in [-0.1, -0.05) is 98.9 Å². The molecule has 0 saturated carbocycles. The first-order valence-corrected chi connectivity index (χ1v) is 10.6. The Morgan fingerprint density at radius 3 is 2.61 bits per heavy atom. The van der Waals surface area contributed by atoms with E-state index in [-0.39, 0.29) is 0 Å². The molecule has 148 valence electrons. The van der Waals surface area contributed by atoms with Gasteiger partial charge in [-0.2, -0.15) is 0 Å². The summed E-state index contributed by atoms with van der Waals surface area (Å²) < 4.78 is 0. The minimum Gasteiger partial charge on any atom is -0.0995 e. The van der Waals surface area contributed by atoms with E-state index in [0.717, 1.165) is 38.5 Å². The second-order valence-corrected chi connectivity index (χ2v) is 8.32. The van der Waals surface area contributed by atoms with E-state index in [1.165, 1.54) is 33.4 Å². The maximum Gasteiger partial charge on any atom is -0.00728 e. The summed E-state index contributed by atoms with van der Waals surface area (Å²) in [6, 6.07) is 8.84. The van der Waals surface area contributed by atoms with Crippen molar-refractivity contribution in [3.05, 3.63) is 107 Å². The van der Waals surface area contributed by atoms with Gasteiger partial charge in [0.1, 0.15) is 0 Å². The third kappa shape index (κ3) is 8.13. The van der Waals surface area contributed by atoms with Gasteiger partial charge < -0.3 is 0 Å². The molecule has 2 rings (SSSR count). The zero-order valence-corrected chi connectivity index (χ0v) is 18.0. The number of allylic oxidation sites excluding steroid dienone is 10. The van der Waals surface area contributed by atoms with Crippen LogP contribution in [0.3, 0.4) is 0 Å². The Morgan fingerprint density at radius 2 is 1.93 bits per heavy atom. The van der Waals surface area contributed by atoms with Crippen LogP contribution in [0.2, 0.25) is 0 Å². The first kappa shape index (κ1) is 22.0. The molecule has 0 radical (unpaired) electrons. The second-order valence-electron chi connectivity index (χ2n) is 8.32. The first-order valence-electron chi connectivity index (χ1n) is 10.6. The molecular formula is C28H36. The Bertz CT molecular complexity index is 776. The topological polar surface area (TPSA) is 0 Å². The van der Waals surface area contributed by atoms with Gasteiger partial charge in [-0.25, -0.2) is 0 Å². The van der Waals surface area contributed by atoms with Crippen molar-refractivity contribution in [3.63, 3.8) is 0 Å². The summed E-state index contributed by atoms with van der Waals surface area (Å²) in [6.07, 6.45) is 19.9. The molecule has 1 aromatic carbocycles. The van der Waals surface area contributed by atoms with E-state index in [9.17, 15) is 0 Å². The first-order chi connectivity index (χ1) is 13.5. The van der Waals surface area contributed by atoms with Crippen molar-refractivity contribution < 1.29 is 0 Å². The van der Waals surface area contributed by atoms with Crippen LogP contribution in [0.25, 0.3) is 0 Å². The van der Waals surface area contributed by atoms with Crippen LogP contribution in [0.5, 0.6) is 0 Å². The van der Waals surface area contributed by atoms with E-state index in [1.54, 1.807) is 0 Å². The Morgan fingerprint density at radius 1 is 1.18 bits per heavy atom. The van der Waals surface area contributed by atoms with Gasteiger partial charge in [-0.3, -0.25) is 0 Å². The zero-order chi connectivity index (χ0) is 20.4. The van der Waals surface area contributed by atoms with Gasteiger partial charge in [0.25, 0.3) is 0 Å². The number of rotatable bonds is 10. The minimum atomic E-state index is 0.678. The summed E-state index contributed by atoms with van der Waals surface area (Å²) in [5.41, 5.74) is 8.06. The Kier molecular flexibility index (Phi) is 9.01. The highest BCUT2D eigenvalue weighted by Gasteiger charge is 2.06. The number of hydrogen-bond acceptors (Lipinski definition) is 0. The molecule has 0 unspecified atom stereocenters. The van der Waals surface area contributed by atoms with E-state index in [1.807, 2.05) is 6.08 Å². The van der Waals surface area contributed by atoms with Gasteiger partial charge in [0.15, 0.2) is 0 Å². The molecule has 0 amide bonds. The molecule has 0 spiro atoms. The fourth-order valence-electron chi connectivity index (χ4n) is 3.30. The molecule has 0 aliphatic heterocycles. The van der Waals surface area contributed by atoms with Gasteiger partial charge >= 0.3 is 0 Å². The van der Waals surface area contributed by atoms with Crippen molar-refractivity contribution in [1.29, 1.82) is 0 Å². The van der Waals surface area contributed by atoms with Crippen molar-refractivity contribution in [2.45, 2.75) is 59.3 Å². The molecule has 1 aromatic rings. The second kappa shape index (κ2) is 11.5. The average molecular weight is 373 g/mol. The summed E-state index contributed by atoms with van der Waals surface area (Å²) in [4.78, 5) is 0. The fraction of sp³-hybridized carbons (Fsp3) is 0.357. The van der Waals surface area contributed by atoms with Gasteiger partial charge in [0.05, 0.1) is 0 Å². The van der Waals surface area contributed by atoms with E-state index >= 15 is 0 Å². The monoisotopic (exact) mass is 372 g/mol. The maximum atomic E-state index is 4.32. The smallest absolute Gasteiger partial charge is 0.00728 e. The molecule has 0 fully saturated rings. The number of benzene rings is 1. The lowest BCUT2D eigenvalue weighted by atomic mass is 9.92. The summed E-state index contributed by atoms with van der Waals surface area (Å²) in [5, 5.41) is 0. The summed E-state index contributed by atoms with van der Waals surface area (Å²) in [6.45, 7) is 14.9. The molecular weight excluding hydrogens is 336 g/mol. The molecule has 0 saturated heterocycles. The predicted molar refractivity (Wildman–Crippen MR) is 126 cm³/mol. The van der Waals surface area contributed by atoms with Gasteiger partial charge in [-0.05, 0) is 73.6 Å². The van der Waals surface area contributed by atoms with Crippen molar-refractivity contribution in [1.82, 2.24) is 0 Å². The lowest BCUT2D eigenvalue weighted by Gasteiger charge is -2.13. The van der Waals surface area contributed by atoms with E-state index < -0.39 is 0 Å². The van der Waals surface area contributed by atoms with Crippen LogP contribution < -0.4 is 0 Å². The van der Waals surface area contributed by atoms with Gasteiger partial charge in [0.2, 0.25) is 0 Å². The molecule has 0 atom stereocenters. The highest BCUT2D eigenvalue weighted by Crippen LogP contribution is 2.25. The normalized spacial score (nSPS) is 14.9. The molecule has 28 heavy (non-hydrogen) atoms. The minimum absolute atomic E-state index is 0.678. The Labute approximate surface area is 172 Å². The van der Waals surface area contributed by atoms with Crippen LogP contribution in [-0.4, -0.2) is 0 Å².